The molecule has 1 aliphatic rings. The van der Waals surface area contributed by atoms with Gasteiger partial charge in [0.2, 0.25) is 0 Å². The first kappa shape index (κ1) is 16.8. The minimum Gasteiger partial charge on any atom is -0.481 e. The molecule has 3 unspecified atom stereocenters. The first-order chi connectivity index (χ1) is 9.28. The number of carboxylic acids is 1. The van der Waals surface area contributed by atoms with Gasteiger partial charge in [0.1, 0.15) is 0 Å². The zero-order valence-electron chi connectivity index (χ0n) is 12.3. The van der Waals surface area contributed by atoms with Crippen LogP contribution < -0.4 is 10.6 Å². The van der Waals surface area contributed by atoms with Gasteiger partial charge in [-0.1, -0.05) is 19.8 Å². The lowest BCUT2D eigenvalue weighted by atomic mass is 9.82. The molecule has 6 heteroatoms. The van der Waals surface area contributed by atoms with Crippen molar-refractivity contribution in [2.24, 2.45) is 11.8 Å². The Kier molecular flexibility index (Phi) is 6.26. The Morgan fingerprint density at radius 3 is 2.60 bits per heavy atom. The Labute approximate surface area is 119 Å². The Morgan fingerprint density at radius 2 is 2.00 bits per heavy atom. The fourth-order valence-corrected chi connectivity index (χ4v) is 2.70. The van der Waals surface area contributed by atoms with E-state index in [2.05, 4.69) is 17.6 Å². The van der Waals surface area contributed by atoms with Crippen LogP contribution in [0.1, 0.15) is 46.0 Å². The maximum absolute atomic E-state index is 11.6. The van der Waals surface area contributed by atoms with Gasteiger partial charge in [-0.05, 0) is 31.6 Å². The van der Waals surface area contributed by atoms with Crippen molar-refractivity contribution < 1.29 is 19.8 Å². The van der Waals surface area contributed by atoms with E-state index in [1.54, 1.807) is 0 Å². The number of carbonyl (C=O) groups excluding carboxylic acids is 1. The van der Waals surface area contributed by atoms with Gasteiger partial charge in [-0.25, -0.2) is 4.79 Å². The summed E-state index contributed by atoms with van der Waals surface area (Å²) in [7, 11) is 0. The minimum absolute atomic E-state index is 0.0772. The van der Waals surface area contributed by atoms with Crippen LogP contribution in [-0.4, -0.2) is 40.9 Å². The number of carbonyl (C=O) groups is 2. The molecule has 6 nitrogen and oxygen atoms in total. The molecule has 4 N–H and O–H groups in total. The lowest BCUT2D eigenvalue weighted by Crippen LogP contribution is -2.46. The van der Waals surface area contributed by atoms with Gasteiger partial charge in [-0.2, -0.15) is 0 Å². The molecule has 0 radical (unpaired) electrons. The van der Waals surface area contributed by atoms with Gasteiger partial charge in [-0.3, -0.25) is 4.79 Å². The fraction of sp³-hybridized carbons (Fsp3) is 0.857. The van der Waals surface area contributed by atoms with E-state index in [9.17, 15) is 14.7 Å². The van der Waals surface area contributed by atoms with Crippen LogP contribution in [0, 0.1) is 11.8 Å². The average molecular weight is 286 g/mol. The van der Waals surface area contributed by atoms with Crippen molar-refractivity contribution in [1.29, 1.82) is 0 Å². The van der Waals surface area contributed by atoms with Crippen LogP contribution in [0.2, 0.25) is 0 Å². The van der Waals surface area contributed by atoms with Crippen LogP contribution >= 0.6 is 0 Å². The molecule has 116 valence electrons. The molecule has 1 rings (SSSR count). The monoisotopic (exact) mass is 286 g/mol. The second-order valence-electron chi connectivity index (χ2n) is 6.27. The van der Waals surface area contributed by atoms with Crippen LogP contribution in [0.3, 0.4) is 0 Å². The predicted octanol–water partition coefficient (Wildman–Crippen LogP) is 1.34. The molecule has 1 fully saturated rings. The Hall–Kier alpha value is -1.30. The first-order valence-corrected chi connectivity index (χ1v) is 7.24. The molecule has 3 atom stereocenters. The third-order valence-electron chi connectivity index (χ3n) is 3.76. The normalized spacial score (nSPS) is 25.6. The molecular weight excluding hydrogens is 260 g/mol. The van der Waals surface area contributed by atoms with E-state index in [1.807, 2.05) is 0 Å². The van der Waals surface area contributed by atoms with Crippen LogP contribution in [0.5, 0.6) is 0 Å². The molecule has 1 saturated carbocycles. The van der Waals surface area contributed by atoms with Crippen molar-refractivity contribution in [3.63, 3.8) is 0 Å². The Morgan fingerprint density at radius 1 is 1.30 bits per heavy atom. The maximum Gasteiger partial charge on any atom is 0.314 e. The summed E-state index contributed by atoms with van der Waals surface area (Å²) < 4.78 is 0. The number of urea groups is 1. The second-order valence-corrected chi connectivity index (χ2v) is 6.27. The van der Waals surface area contributed by atoms with Gasteiger partial charge in [0.25, 0.3) is 0 Å². The summed E-state index contributed by atoms with van der Waals surface area (Å²) in [6.45, 7) is 4.18. The number of nitrogens with one attached hydrogen (secondary N) is 2. The van der Waals surface area contributed by atoms with Crippen LogP contribution in [0.15, 0.2) is 0 Å². The fourth-order valence-electron chi connectivity index (χ4n) is 2.70. The lowest BCUT2D eigenvalue weighted by molar-refractivity contribution is -0.141. The van der Waals surface area contributed by atoms with E-state index in [4.69, 9.17) is 5.11 Å². The van der Waals surface area contributed by atoms with Crippen molar-refractivity contribution in [3.05, 3.63) is 0 Å². The molecular formula is C14H26N2O4. The molecule has 0 aromatic rings. The smallest absolute Gasteiger partial charge is 0.314 e. The molecule has 20 heavy (non-hydrogen) atoms. The third kappa shape index (κ3) is 6.75. The summed E-state index contributed by atoms with van der Waals surface area (Å²) in [4.78, 5) is 22.2. The van der Waals surface area contributed by atoms with E-state index >= 15 is 0 Å². The molecule has 0 aromatic carbocycles. The highest BCUT2D eigenvalue weighted by Crippen LogP contribution is 2.27. The standard InChI is InChI=1S/C14H26N2O4/c1-10-4-3-5-11(6-10)8-15-13(19)16-9-14(2,20)7-12(17)18/h10-11,20H,3-9H2,1-2H3,(H,17,18)(H2,15,16,19). The summed E-state index contributed by atoms with van der Waals surface area (Å²) >= 11 is 0. The molecule has 0 aliphatic heterocycles. The lowest BCUT2D eigenvalue weighted by Gasteiger charge is -2.27. The molecule has 2 amide bonds. The zero-order chi connectivity index (χ0) is 15.2. The highest BCUT2D eigenvalue weighted by Gasteiger charge is 2.25. The largest absolute Gasteiger partial charge is 0.481 e. The predicted molar refractivity (Wildman–Crippen MR) is 75.4 cm³/mol. The molecule has 0 aromatic heterocycles. The summed E-state index contributed by atoms with van der Waals surface area (Å²) in [5.41, 5.74) is -1.43. The molecule has 0 spiro atoms. The number of aliphatic hydroxyl groups is 1. The molecule has 0 bridgehead atoms. The topological polar surface area (TPSA) is 98.7 Å². The summed E-state index contributed by atoms with van der Waals surface area (Å²) in [6, 6.07) is -0.353. The quantitative estimate of drug-likeness (QED) is 0.592. The average Bonchev–Trinajstić information content (AvgIpc) is 2.32. The SMILES string of the molecule is CC1CCCC(CNC(=O)NCC(C)(O)CC(=O)O)C1. The highest BCUT2D eigenvalue weighted by atomic mass is 16.4. The van der Waals surface area contributed by atoms with Crippen molar-refractivity contribution in [2.45, 2.75) is 51.6 Å². The number of rotatable bonds is 6. The molecule has 0 heterocycles. The van der Waals surface area contributed by atoms with Crippen LogP contribution in [0.4, 0.5) is 4.79 Å². The van der Waals surface area contributed by atoms with E-state index in [-0.39, 0.29) is 12.6 Å². The molecule has 1 aliphatic carbocycles. The first-order valence-electron chi connectivity index (χ1n) is 7.24. The number of aliphatic carboxylic acids is 1. The third-order valence-corrected chi connectivity index (χ3v) is 3.76. The van der Waals surface area contributed by atoms with Crippen LogP contribution in [0.25, 0.3) is 0 Å². The highest BCUT2D eigenvalue weighted by molar-refractivity contribution is 5.74. The number of carboxylic acid groups (broad SMARTS) is 1. The molecule has 0 saturated heterocycles. The van der Waals surface area contributed by atoms with Gasteiger partial charge < -0.3 is 20.8 Å². The number of hydrogen-bond acceptors (Lipinski definition) is 3. The number of hydrogen-bond donors (Lipinski definition) is 4. The maximum atomic E-state index is 11.6. The second kappa shape index (κ2) is 7.47. The van der Waals surface area contributed by atoms with E-state index in [0.717, 1.165) is 18.8 Å². The number of amides is 2. The van der Waals surface area contributed by atoms with E-state index in [0.29, 0.717) is 12.5 Å². The van der Waals surface area contributed by atoms with Crippen molar-refractivity contribution in [2.75, 3.05) is 13.1 Å². The van der Waals surface area contributed by atoms with Gasteiger partial charge in [0.05, 0.1) is 12.0 Å². The van der Waals surface area contributed by atoms with Crippen LogP contribution in [-0.2, 0) is 4.79 Å². The van der Waals surface area contributed by atoms with Crippen molar-refractivity contribution in [1.82, 2.24) is 10.6 Å². The van der Waals surface area contributed by atoms with Gasteiger partial charge in [-0.15, -0.1) is 0 Å². The van der Waals surface area contributed by atoms with Crippen molar-refractivity contribution in [3.8, 4) is 0 Å². The summed E-state index contributed by atoms with van der Waals surface area (Å²) in [5, 5.41) is 23.7. The van der Waals surface area contributed by atoms with E-state index < -0.39 is 18.0 Å². The minimum atomic E-state index is -1.43. The van der Waals surface area contributed by atoms with Gasteiger partial charge in [0, 0.05) is 13.1 Å². The summed E-state index contributed by atoms with van der Waals surface area (Å²) in [6.07, 6.45) is 4.36. The van der Waals surface area contributed by atoms with Gasteiger partial charge >= 0.3 is 12.0 Å². The zero-order valence-corrected chi connectivity index (χ0v) is 12.3. The Balaban J connectivity index is 2.21. The van der Waals surface area contributed by atoms with E-state index in [1.165, 1.54) is 19.8 Å². The van der Waals surface area contributed by atoms with Crippen molar-refractivity contribution >= 4 is 12.0 Å². The van der Waals surface area contributed by atoms with Gasteiger partial charge in [0.15, 0.2) is 0 Å². The Bertz CT molecular complexity index is 344. The summed E-state index contributed by atoms with van der Waals surface area (Å²) in [5.74, 6) is 0.146.